The van der Waals surface area contributed by atoms with Gasteiger partial charge in [0.2, 0.25) is 0 Å². The van der Waals surface area contributed by atoms with Gasteiger partial charge < -0.3 is 10.3 Å². The van der Waals surface area contributed by atoms with Crippen molar-refractivity contribution in [3.8, 4) is 0 Å². The lowest BCUT2D eigenvalue weighted by atomic mass is 10.1. The predicted octanol–water partition coefficient (Wildman–Crippen LogP) is 2.25. The van der Waals surface area contributed by atoms with E-state index < -0.39 is 0 Å². The van der Waals surface area contributed by atoms with Gasteiger partial charge >= 0.3 is 0 Å². The molecule has 2 rings (SSSR count). The second kappa shape index (κ2) is 6.99. The number of rotatable bonds is 6. The Labute approximate surface area is 117 Å². The highest BCUT2D eigenvalue weighted by Gasteiger charge is 2.04. The van der Waals surface area contributed by atoms with E-state index in [9.17, 15) is 4.79 Å². The number of amides is 1. The lowest BCUT2D eigenvalue weighted by Crippen LogP contribution is -2.25. The lowest BCUT2D eigenvalue weighted by molar-refractivity contribution is 0.0954. The van der Waals surface area contributed by atoms with Crippen LogP contribution in [-0.4, -0.2) is 28.7 Å². The van der Waals surface area contributed by atoms with Crippen molar-refractivity contribution < 1.29 is 4.79 Å². The summed E-state index contributed by atoms with van der Waals surface area (Å²) in [4.78, 5) is 18.8. The molecule has 0 saturated heterocycles. The molecular weight excluding hydrogens is 258 g/mol. The highest BCUT2D eigenvalue weighted by atomic mass is 32.2. The van der Waals surface area contributed by atoms with Crippen molar-refractivity contribution in [1.29, 1.82) is 0 Å². The summed E-state index contributed by atoms with van der Waals surface area (Å²) in [7, 11) is 0. The van der Waals surface area contributed by atoms with E-state index in [2.05, 4.69) is 21.5 Å². The zero-order chi connectivity index (χ0) is 13.5. The van der Waals surface area contributed by atoms with Gasteiger partial charge in [-0.15, -0.1) is 0 Å². The van der Waals surface area contributed by atoms with Gasteiger partial charge in [0.15, 0.2) is 0 Å². The number of H-pyrrole nitrogens is 1. The third-order valence-electron chi connectivity index (χ3n) is 2.76. The molecule has 1 heterocycles. The number of hydrogen-bond donors (Lipinski definition) is 2. The minimum atomic E-state index is -0.0322. The van der Waals surface area contributed by atoms with E-state index in [1.165, 1.54) is 5.56 Å². The lowest BCUT2D eigenvalue weighted by Gasteiger charge is -2.05. The molecule has 0 aliphatic rings. The van der Waals surface area contributed by atoms with Gasteiger partial charge in [0.05, 0.1) is 6.33 Å². The molecule has 1 amide bonds. The van der Waals surface area contributed by atoms with Gasteiger partial charge in [-0.1, -0.05) is 12.1 Å². The van der Waals surface area contributed by atoms with Crippen LogP contribution in [0.2, 0.25) is 0 Å². The number of nitrogens with one attached hydrogen (secondary N) is 2. The van der Waals surface area contributed by atoms with Crippen molar-refractivity contribution in [3.63, 3.8) is 0 Å². The highest BCUT2D eigenvalue weighted by Crippen LogP contribution is 2.10. The van der Waals surface area contributed by atoms with E-state index in [0.717, 1.165) is 17.9 Å². The fourth-order valence-electron chi connectivity index (χ4n) is 1.75. The molecule has 0 radical (unpaired) electrons. The van der Waals surface area contributed by atoms with Crippen LogP contribution in [0.1, 0.15) is 21.6 Å². The molecule has 0 saturated carbocycles. The third-order valence-corrected chi connectivity index (χ3v) is 3.38. The summed E-state index contributed by atoms with van der Waals surface area (Å²) in [5.41, 5.74) is 2.96. The van der Waals surface area contributed by atoms with Crippen molar-refractivity contribution in [2.75, 3.05) is 12.8 Å². The van der Waals surface area contributed by atoms with Crippen LogP contribution in [0.15, 0.2) is 36.8 Å². The Balaban J connectivity index is 1.82. The number of hydrogen-bond acceptors (Lipinski definition) is 3. The Morgan fingerprint density at radius 1 is 1.37 bits per heavy atom. The first-order valence-electron chi connectivity index (χ1n) is 6.13. The van der Waals surface area contributed by atoms with Crippen LogP contribution in [0.5, 0.6) is 0 Å². The first kappa shape index (κ1) is 13.7. The van der Waals surface area contributed by atoms with Gasteiger partial charge in [-0.3, -0.25) is 4.79 Å². The zero-order valence-corrected chi connectivity index (χ0v) is 11.7. The summed E-state index contributed by atoms with van der Waals surface area (Å²) in [5.74, 6) is 0.942. The minimum absolute atomic E-state index is 0.0322. The first-order valence-corrected chi connectivity index (χ1v) is 7.52. The average molecular weight is 275 g/mol. The molecular formula is C14H17N3OS. The van der Waals surface area contributed by atoms with Crippen LogP contribution in [0.4, 0.5) is 0 Å². The van der Waals surface area contributed by atoms with Gasteiger partial charge in [0, 0.05) is 36.2 Å². The summed E-state index contributed by atoms with van der Waals surface area (Å²) in [6.45, 7) is 0.605. The highest BCUT2D eigenvalue weighted by molar-refractivity contribution is 7.97. The average Bonchev–Trinajstić information content (AvgIpc) is 2.93. The second-order valence-corrected chi connectivity index (χ2v) is 5.08. The Morgan fingerprint density at radius 2 is 2.16 bits per heavy atom. The smallest absolute Gasteiger partial charge is 0.251 e. The van der Waals surface area contributed by atoms with Crippen LogP contribution in [0.3, 0.4) is 0 Å². The zero-order valence-electron chi connectivity index (χ0n) is 10.8. The van der Waals surface area contributed by atoms with E-state index in [0.29, 0.717) is 12.1 Å². The number of imidazole rings is 1. The molecule has 0 bridgehead atoms. The Hall–Kier alpha value is -1.75. The minimum Gasteiger partial charge on any atom is -0.352 e. The van der Waals surface area contributed by atoms with E-state index >= 15 is 0 Å². The molecule has 0 spiro atoms. The molecule has 100 valence electrons. The molecule has 0 fully saturated rings. The van der Waals surface area contributed by atoms with E-state index in [1.807, 2.05) is 24.3 Å². The normalized spacial score (nSPS) is 10.4. The molecule has 0 atom stereocenters. The van der Waals surface area contributed by atoms with Crippen LogP contribution < -0.4 is 5.32 Å². The number of aromatic nitrogens is 2. The van der Waals surface area contributed by atoms with Gasteiger partial charge in [-0.05, 0) is 24.0 Å². The fraction of sp³-hybridized carbons (Fsp3) is 0.286. The molecule has 19 heavy (non-hydrogen) atoms. The second-order valence-electron chi connectivity index (χ2n) is 4.21. The maximum Gasteiger partial charge on any atom is 0.251 e. The van der Waals surface area contributed by atoms with E-state index in [4.69, 9.17) is 0 Å². The monoisotopic (exact) mass is 275 g/mol. The number of carbonyl (C=O) groups excluding carboxylic acids is 1. The van der Waals surface area contributed by atoms with E-state index in [1.54, 1.807) is 24.3 Å². The van der Waals surface area contributed by atoms with Crippen LogP contribution >= 0.6 is 11.8 Å². The van der Waals surface area contributed by atoms with Gasteiger partial charge in [-0.25, -0.2) is 4.98 Å². The van der Waals surface area contributed by atoms with Gasteiger partial charge in [0.1, 0.15) is 0 Å². The summed E-state index contributed by atoms with van der Waals surface area (Å²) in [6, 6.07) is 7.74. The Kier molecular flexibility index (Phi) is 5.03. The molecule has 0 unspecified atom stereocenters. The number of benzene rings is 1. The van der Waals surface area contributed by atoms with Crippen LogP contribution in [0.25, 0.3) is 0 Å². The number of nitrogens with zero attached hydrogens (tertiary/aromatic N) is 1. The van der Waals surface area contributed by atoms with Crippen molar-refractivity contribution in [3.05, 3.63) is 53.6 Å². The van der Waals surface area contributed by atoms with Crippen molar-refractivity contribution in [2.45, 2.75) is 12.2 Å². The van der Waals surface area contributed by atoms with Gasteiger partial charge in [-0.2, -0.15) is 11.8 Å². The molecule has 2 aromatic rings. The Bertz CT molecular complexity index is 508. The number of carbonyl (C=O) groups is 1. The summed E-state index contributed by atoms with van der Waals surface area (Å²) in [6.07, 6.45) is 6.23. The van der Waals surface area contributed by atoms with Crippen molar-refractivity contribution in [1.82, 2.24) is 15.3 Å². The molecule has 1 aromatic heterocycles. The molecule has 5 heteroatoms. The maximum absolute atomic E-state index is 11.9. The standard InChI is InChI=1S/C14H17N3OS/c1-19-9-11-2-4-12(5-3-11)14(18)16-7-6-13-8-15-10-17-13/h2-5,8,10H,6-7,9H2,1H3,(H,15,17)(H,16,18). The van der Waals surface area contributed by atoms with Crippen LogP contribution in [-0.2, 0) is 12.2 Å². The SMILES string of the molecule is CSCc1ccc(C(=O)NCCc2cnc[nH]2)cc1. The number of thioether (sulfide) groups is 1. The molecule has 4 nitrogen and oxygen atoms in total. The molecule has 1 aromatic carbocycles. The fourth-order valence-corrected chi connectivity index (χ4v) is 2.28. The maximum atomic E-state index is 11.9. The molecule has 0 aliphatic carbocycles. The summed E-state index contributed by atoms with van der Waals surface area (Å²) >= 11 is 1.77. The van der Waals surface area contributed by atoms with Crippen molar-refractivity contribution in [2.24, 2.45) is 0 Å². The molecule has 2 N–H and O–H groups in total. The van der Waals surface area contributed by atoms with E-state index in [-0.39, 0.29) is 5.91 Å². The topological polar surface area (TPSA) is 57.8 Å². The third kappa shape index (κ3) is 4.13. The summed E-state index contributed by atoms with van der Waals surface area (Å²) < 4.78 is 0. The summed E-state index contributed by atoms with van der Waals surface area (Å²) in [5, 5.41) is 2.90. The Morgan fingerprint density at radius 3 is 2.79 bits per heavy atom. The van der Waals surface area contributed by atoms with Gasteiger partial charge in [0.25, 0.3) is 5.91 Å². The largest absolute Gasteiger partial charge is 0.352 e. The van der Waals surface area contributed by atoms with Crippen molar-refractivity contribution >= 4 is 17.7 Å². The molecule has 0 aliphatic heterocycles. The number of aromatic amines is 1. The first-order chi connectivity index (χ1) is 9.29. The quantitative estimate of drug-likeness (QED) is 0.850. The van der Waals surface area contributed by atoms with Crippen LogP contribution in [0, 0.1) is 0 Å². The predicted molar refractivity (Wildman–Crippen MR) is 78.3 cm³/mol.